The van der Waals surface area contributed by atoms with Gasteiger partial charge in [0.15, 0.2) is 0 Å². The first-order valence-electron chi connectivity index (χ1n) is 7.46. The Morgan fingerprint density at radius 1 is 1.18 bits per heavy atom. The molecule has 102 valence electrons. The van der Waals surface area contributed by atoms with Crippen LogP contribution in [0.1, 0.15) is 59.8 Å². The fourth-order valence-corrected chi connectivity index (χ4v) is 3.08. The highest BCUT2D eigenvalue weighted by Gasteiger charge is 2.24. The molecule has 0 aromatic heterocycles. The van der Waals surface area contributed by atoms with E-state index in [9.17, 15) is 0 Å². The summed E-state index contributed by atoms with van der Waals surface area (Å²) >= 11 is 0. The van der Waals surface area contributed by atoms with Gasteiger partial charge < -0.3 is 10.1 Å². The zero-order chi connectivity index (χ0) is 12.7. The molecular formula is C15H31NO. The zero-order valence-corrected chi connectivity index (χ0v) is 12.2. The molecular weight excluding hydrogens is 210 g/mol. The molecule has 17 heavy (non-hydrogen) atoms. The molecule has 0 aromatic carbocycles. The summed E-state index contributed by atoms with van der Waals surface area (Å²) in [5, 5.41) is 3.52. The third-order valence-corrected chi connectivity index (χ3v) is 3.81. The maximum absolute atomic E-state index is 5.99. The van der Waals surface area contributed by atoms with Gasteiger partial charge in [-0.15, -0.1) is 0 Å². The molecule has 0 spiro atoms. The van der Waals surface area contributed by atoms with E-state index in [2.05, 4.69) is 33.0 Å². The van der Waals surface area contributed by atoms with Crippen LogP contribution in [0.15, 0.2) is 0 Å². The molecule has 0 aliphatic heterocycles. The second-order valence-electron chi connectivity index (χ2n) is 6.05. The van der Waals surface area contributed by atoms with Crippen LogP contribution >= 0.6 is 0 Å². The van der Waals surface area contributed by atoms with Gasteiger partial charge in [-0.05, 0) is 44.4 Å². The van der Waals surface area contributed by atoms with E-state index in [0.29, 0.717) is 12.1 Å². The van der Waals surface area contributed by atoms with Crippen LogP contribution in [0.5, 0.6) is 0 Å². The maximum Gasteiger partial charge on any atom is 0.0594 e. The Bertz CT molecular complexity index is 185. The molecule has 0 saturated heterocycles. The van der Waals surface area contributed by atoms with Crippen LogP contribution in [0.3, 0.4) is 0 Å². The van der Waals surface area contributed by atoms with Crippen molar-refractivity contribution in [2.45, 2.75) is 71.9 Å². The minimum atomic E-state index is 0.511. The Labute approximate surface area is 108 Å². The molecule has 0 amide bonds. The third kappa shape index (κ3) is 6.42. The van der Waals surface area contributed by atoms with Crippen molar-refractivity contribution >= 4 is 0 Å². The number of ether oxygens (including phenoxy) is 1. The van der Waals surface area contributed by atoms with Crippen LogP contribution in [-0.4, -0.2) is 25.3 Å². The van der Waals surface area contributed by atoms with Gasteiger partial charge in [-0.25, -0.2) is 0 Å². The van der Waals surface area contributed by atoms with Gasteiger partial charge >= 0.3 is 0 Å². The number of rotatable bonds is 7. The third-order valence-electron chi connectivity index (χ3n) is 3.81. The first kappa shape index (κ1) is 15.0. The summed E-state index contributed by atoms with van der Waals surface area (Å²) in [6.07, 6.45) is 6.93. The Morgan fingerprint density at radius 2 is 1.82 bits per heavy atom. The molecule has 0 aromatic rings. The molecule has 1 aliphatic rings. The van der Waals surface area contributed by atoms with Crippen molar-refractivity contribution in [1.29, 1.82) is 0 Å². The highest BCUT2D eigenvalue weighted by Crippen LogP contribution is 2.30. The van der Waals surface area contributed by atoms with Gasteiger partial charge in [0, 0.05) is 12.6 Å². The van der Waals surface area contributed by atoms with E-state index in [1.165, 1.54) is 32.1 Å². The fourth-order valence-electron chi connectivity index (χ4n) is 3.08. The highest BCUT2D eigenvalue weighted by molar-refractivity contribution is 4.75. The molecule has 3 atom stereocenters. The fraction of sp³-hybridized carbons (Fsp3) is 1.00. The smallest absolute Gasteiger partial charge is 0.0594 e. The Morgan fingerprint density at radius 3 is 2.41 bits per heavy atom. The van der Waals surface area contributed by atoms with Gasteiger partial charge in [-0.2, -0.15) is 0 Å². The summed E-state index contributed by atoms with van der Waals surface area (Å²) < 4.78 is 5.99. The van der Waals surface area contributed by atoms with E-state index in [0.717, 1.165) is 25.0 Å². The van der Waals surface area contributed by atoms with Gasteiger partial charge in [-0.3, -0.25) is 0 Å². The van der Waals surface area contributed by atoms with Crippen LogP contribution in [0.4, 0.5) is 0 Å². The summed E-state index contributed by atoms with van der Waals surface area (Å²) in [7, 11) is 0. The van der Waals surface area contributed by atoms with E-state index in [1.54, 1.807) is 0 Å². The van der Waals surface area contributed by atoms with Crippen molar-refractivity contribution in [2.75, 3.05) is 13.2 Å². The number of hydrogen-bond donors (Lipinski definition) is 1. The normalized spacial score (nSPS) is 31.4. The highest BCUT2D eigenvalue weighted by atomic mass is 16.5. The van der Waals surface area contributed by atoms with E-state index in [1.807, 2.05) is 0 Å². The van der Waals surface area contributed by atoms with E-state index in [-0.39, 0.29) is 0 Å². The van der Waals surface area contributed by atoms with Crippen LogP contribution in [0.2, 0.25) is 0 Å². The van der Waals surface area contributed by atoms with Crippen LogP contribution < -0.4 is 5.32 Å². The Balaban J connectivity index is 2.06. The molecule has 1 saturated carbocycles. The first-order valence-corrected chi connectivity index (χ1v) is 7.46. The van der Waals surface area contributed by atoms with Crippen molar-refractivity contribution in [2.24, 2.45) is 11.8 Å². The molecule has 3 unspecified atom stereocenters. The number of hydrogen-bond acceptors (Lipinski definition) is 2. The van der Waals surface area contributed by atoms with Crippen LogP contribution in [0, 0.1) is 11.8 Å². The van der Waals surface area contributed by atoms with Gasteiger partial charge in [0.05, 0.1) is 12.7 Å². The summed E-state index contributed by atoms with van der Waals surface area (Å²) in [5.74, 6) is 1.69. The standard InChI is InChI=1S/C15H31NO/c1-5-6-14(4)16-7-8-17-15-10-12(2)9-13(3)11-15/h12-16H,5-11H2,1-4H3. The van der Waals surface area contributed by atoms with E-state index >= 15 is 0 Å². The van der Waals surface area contributed by atoms with Crippen molar-refractivity contribution < 1.29 is 4.74 Å². The van der Waals surface area contributed by atoms with Gasteiger partial charge in [-0.1, -0.05) is 27.2 Å². The molecule has 1 N–H and O–H groups in total. The lowest BCUT2D eigenvalue weighted by atomic mass is 9.82. The summed E-state index contributed by atoms with van der Waals surface area (Å²) in [6.45, 7) is 11.1. The molecule has 0 radical (unpaired) electrons. The molecule has 0 heterocycles. The molecule has 0 bridgehead atoms. The summed E-state index contributed by atoms with van der Waals surface area (Å²) in [5.41, 5.74) is 0. The zero-order valence-electron chi connectivity index (χ0n) is 12.2. The molecule has 2 heteroatoms. The van der Waals surface area contributed by atoms with Crippen molar-refractivity contribution in [3.05, 3.63) is 0 Å². The van der Waals surface area contributed by atoms with Gasteiger partial charge in [0.2, 0.25) is 0 Å². The minimum absolute atomic E-state index is 0.511. The lowest BCUT2D eigenvalue weighted by Gasteiger charge is -2.31. The largest absolute Gasteiger partial charge is 0.377 e. The van der Waals surface area contributed by atoms with Gasteiger partial charge in [0.25, 0.3) is 0 Å². The quantitative estimate of drug-likeness (QED) is 0.688. The molecule has 1 rings (SSSR count). The SMILES string of the molecule is CCCC(C)NCCOC1CC(C)CC(C)C1. The number of nitrogens with one attached hydrogen (secondary N) is 1. The Hall–Kier alpha value is -0.0800. The van der Waals surface area contributed by atoms with Crippen molar-refractivity contribution in [3.63, 3.8) is 0 Å². The first-order chi connectivity index (χ1) is 8.11. The lowest BCUT2D eigenvalue weighted by Crippen LogP contribution is -2.32. The molecule has 1 fully saturated rings. The monoisotopic (exact) mass is 241 g/mol. The second-order valence-corrected chi connectivity index (χ2v) is 6.05. The average molecular weight is 241 g/mol. The predicted octanol–water partition coefficient (Wildman–Crippen LogP) is 3.61. The second kappa shape index (κ2) is 8.10. The van der Waals surface area contributed by atoms with E-state index in [4.69, 9.17) is 4.74 Å². The van der Waals surface area contributed by atoms with Gasteiger partial charge in [0.1, 0.15) is 0 Å². The lowest BCUT2D eigenvalue weighted by molar-refractivity contribution is 0.00207. The van der Waals surface area contributed by atoms with Crippen molar-refractivity contribution in [1.82, 2.24) is 5.32 Å². The van der Waals surface area contributed by atoms with Crippen molar-refractivity contribution in [3.8, 4) is 0 Å². The molecule has 1 aliphatic carbocycles. The topological polar surface area (TPSA) is 21.3 Å². The van der Waals surface area contributed by atoms with Crippen LogP contribution in [0.25, 0.3) is 0 Å². The minimum Gasteiger partial charge on any atom is -0.377 e. The Kier molecular flexibility index (Phi) is 7.14. The van der Waals surface area contributed by atoms with Crippen LogP contribution in [-0.2, 0) is 4.74 Å². The maximum atomic E-state index is 5.99. The summed E-state index contributed by atoms with van der Waals surface area (Å²) in [4.78, 5) is 0. The predicted molar refractivity (Wildman–Crippen MR) is 74.3 cm³/mol. The average Bonchev–Trinajstić information content (AvgIpc) is 2.23. The van der Waals surface area contributed by atoms with E-state index < -0.39 is 0 Å². The molecule has 2 nitrogen and oxygen atoms in total. The summed E-state index contributed by atoms with van der Waals surface area (Å²) in [6, 6.07) is 0.632.